The van der Waals surface area contributed by atoms with Crippen molar-refractivity contribution in [2.75, 3.05) is 40.4 Å². The third kappa shape index (κ3) is 6.51. The van der Waals surface area contributed by atoms with Gasteiger partial charge in [-0.1, -0.05) is 6.07 Å². The predicted molar refractivity (Wildman–Crippen MR) is 104 cm³/mol. The number of carbonyl (C=O) groups is 1. The second kappa shape index (κ2) is 10.1. The molecule has 2 aliphatic rings. The summed E-state index contributed by atoms with van der Waals surface area (Å²) in [5, 5.41) is 7.12. The number of hydrogen-bond donors (Lipinski definition) is 1. The van der Waals surface area contributed by atoms with E-state index in [1.807, 2.05) is 18.2 Å². The molecule has 0 aliphatic carbocycles. The molecule has 1 aromatic rings. The standard InChI is InChI=1S/C16H25N3O4S.C2HF3O2/c1-18(2)24(20,21)19-10-7-14-16(12-19,8-5-11-22-14)13-23-15-6-3-4-9-17-15;3-2(4,5)1(6)7/h3-4,6,9,14H,5,7-8,10-13H2,1-2H3;(H,6,7). The van der Waals surface area contributed by atoms with Crippen molar-refractivity contribution >= 4 is 16.2 Å². The number of hydrogen-bond acceptors (Lipinski definition) is 6. The zero-order valence-corrected chi connectivity index (χ0v) is 18.0. The fourth-order valence-corrected chi connectivity index (χ4v) is 4.76. The van der Waals surface area contributed by atoms with Gasteiger partial charge in [-0.15, -0.1) is 0 Å². The maximum atomic E-state index is 12.5. The maximum absolute atomic E-state index is 12.5. The normalized spacial score (nSPS) is 24.6. The number of carboxylic acid groups (broad SMARTS) is 1. The lowest BCUT2D eigenvalue weighted by molar-refractivity contribution is -0.192. The van der Waals surface area contributed by atoms with Crippen LogP contribution in [0.5, 0.6) is 5.88 Å². The molecular weight excluding hydrogens is 443 g/mol. The topological polar surface area (TPSA) is 109 Å². The summed E-state index contributed by atoms with van der Waals surface area (Å²) < 4.78 is 71.5. The molecule has 9 nitrogen and oxygen atoms in total. The van der Waals surface area contributed by atoms with Crippen molar-refractivity contribution in [2.45, 2.75) is 31.5 Å². The molecule has 2 atom stereocenters. The lowest BCUT2D eigenvalue weighted by Gasteiger charge is -2.49. The molecule has 1 N–H and O–H groups in total. The van der Waals surface area contributed by atoms with E-state index in [-0.39, 0.29) is 11.5 Å². The lowest BCUT2D eigenvalue weighted by atomic mass is 9.73. The number of alkyl halides is 3. The van der Waals surface area contributed by atoms with Crippen LogP contribution in [-0.4, -0.2) is 85.8 Å². The second-order valence-corrected chi connectivity index (χ2v) is 9.64. The van der Waals surface area contributed by atoms with Gasteiger partial charge in [-0.2, -0.15) is 30.2 Å². The molecule has 3 rings (SSSR count). The van der Waals surface area contributed by atoms with Gasteiger partial charge in [0.05, 0.1) is 12.7 Å². The number of rotatable bonds is 5. The quantitative estimate of drug-likeness (QED) is 0.700. The highest BCUT2D eigenvalue weighted by molar-refractivity contribution is 7.86. The van der Waals surface area contributed by atoms with Crippen molar-refractivity contribution in [1.29, 1.82) is 0 Å². The molecule has 1 aromatic heterocycles. The zero-order chi connectivity index (χ0) is 23.3. The predicted octanol–water partition coefficient (Wildman–Crippen LogP) is 1.77. The Morgan fingerprint density at radius 1 is 1.42 bits per heavy atom. The summed E-state index contributed by atoms with van der Waals surface area (Å²) in [5.41, 5.74) is -0.322. The number of piperidine rings is 1. The van der Waals surface area contributed by atoms with E-state index in [0.717, 1.165) is 19.4 Å². The summed E-state index contributed by atoms with van der Waals surface area (Å²) in [6, 6.07) is 5.52. The Kier molecular flexibility index (Phi) is 8.25. The van der Waals surface area contributed by atoms with Gasteiger partial charge in [0.15, 0.2) is 0 Å². The first-order valence-corrected chi connectivity index (χ1v) is 10.9. The minimum atomic E-state index is -5.08. The van der Waals surface area contributed by atoms with E-state index in [4.69, 9.17) is 19.4 Å². The largest absolute Gasteiger partial charge is 0.490 e. The molecule has 2 saturated heterocycles. The molecule has 3 heterocycles. The van der Waals surface area contributed by atoms with Gasteiger partial charge in [0, 0.05) is 51.5 Å². The van der Waals surface area contributed by atoms with Gasteiger partial charge >= 0.3 is 12.1 Å². The number of aliphatic carboxylic acids is 1. The minimum Gasteiger partial charge on any atom is -0.477 e. The van der Waals surface area contributed by atoms with E-state index in [1.165, 1.54) is 4.31 Å². The molecule has 0 radical (unpaired) electrons. The summed E-state index contributed by atoms with van der Waals surface area (Å²) in [7, 11) is -0.301. The van der Waals surface area contributed by atoms with Crippen LogP contribution in [0.1, 0.15) is 19.3 Å². The van der Waals surface area contributed by atoms with E-state index in [0.29, 0.717) is 32.0 Å². The van der Waals surface area contributed by atoms with Crippen molar-refractivity contribution in [3.63, 3.8) is 0 Å². The minimum absolute atomic E-state index is 0.0311. The van der Waals surface area contributed by atoms with Gasteiger partial charge in [-0.3, -0.25) is 0 Å². The van der Waals surface area contributed by atoms with Crippen molar-refractivity contribution in [3.8, 4) is 5.88 Å². The Bertz CT molecular complexity index is 838. The molecule has 0 amide bonds. The Morgan fingerprint density at radius 3 is 2.65 bits per heavy atom. The van der Waals surface area contributed by atoms with Crippen LogP contribution < -0.4 is 4.74 Å². The Balaban J connectivity index is 0.000000423. The molecule has 0 bridgehead atoms. The van der Waals surface area contributed by atoms with Gasteiger partial charge in [0.1, 0.15) is 0 Å². The van der Waals surface area contributed by atoms with E-state index in [9.17, 15) is 21.6 Å². The molecule has 31 heavy (non-hydrogen) atoms. The SMILES string of the molecule is CN(C)S(=O)(=O)N1CCC2OCCCC2(COc2ccccn2)C1.O=C(O)C(F)(F)F. The van der Waals surface area contributed by atoms with Crippen molar-refractivity contribution < 1.29 is 41.0 Å². The third-order valence-corrected chi connectivity index (χ3v) is 7.02. The van der Waals surface area contributed by atoms with Crippen LogP contribution in [-0.2, 0) is 19.7 Å². The maximum Gasteiger partial charge on any atom is 0.490 e. The molecule has 176 valence electrons. The molecule has 0 saturated carbocycles. The Labute approximate surface area is 178 Å². The van der Waals surface area contributed by atoms with Crippen LogP contribution in [0, 0.1) is 5.41 Å². The average Bonchev–Trinajstić information content (AvgIpc) is 2.72. The van der Waals surface area contributed by atoms with Crippen LogP contribution in [0.15, 0.2) is 24.4 Å². The van der Waals surface area contributed by atoms with Crippen LogP contribution in [0.2, 0.25) is 0 Å². The van der Waals surface area contributed by atoms with Gasteiger partial charge in [0.25, 0.3) is 10.2 Å². The average molecular weight is 469 g/mol. The zero-order valence-electron chi connectivity index (χ0n) is 17.2. The van der Waals surface area contributed by atoms with Gasteiger partial charge < -0.3 is 14.6 Å². The number of halogens is 3. The molecule has 2 aliphatic heterocycles. The van der Waals surface area contributed by atoms with Crippen molar-refractivity contribution in [3.05, 3.63) is 24.4 Å². The van der Waals surface area contributed by atoms with Crippen LogP contribution in [0.3, 0.4) is 0 Å². The van der Waals surface area contributed by atoms with E-state index >= 15 is 0 Å². The summed E-state index contributed by atoms with van der Waals surface area (Å²) in [5.74, 6) is -2.20. The second-order valence-electron chi connectivity index (χ2n) is 7.50. The number of nitrogens with zero attached hydrogens (tertiary/aromatic N) is 3. The van der Waals surface area contributed by atoms with E-state index in [2.05, 4.69) is 4.98 Å². The third-order valence-electron chi connectivity index (χ3n) is 5.13. The smallest absolute Gasteiger partial charge is 0.477 e. The van der Waals surface area contributed by atoms with Crippen LogP contribution in [0.4, 0.5) is 13.2 Å². The van der Waals surface area contributed by atoms with Crippen LogP contribution in [0.25, 0.3) is 0 Å². The number of carboxylic acids is 1. The number of aromatic nitrogens is 1. The summed E-state index contributed by atoms with van der Waals surface area (Å²) >= 11 is 0. The van der Waals surface area contributed by atoms with Crippen LogP contribution >= 0.6 is 0 Å². The highest BCUT2D eigenvalue weighted by Gasteiger charge is 2.49. The monoisotopic (exact) mass is 469 g/mol. The number of pyridine rings is 1. The first kappa shape index (κ1) is 25.3. The number of ether oxygens (including phenoxy) is 2. The number of fused-ring (bicyclic) bond motifs is 1. The molecule has 0 aromatic carbocycles. The molecule has 0 spiro atoms. The first-order valence-electron chi connectivity index (χ1n) is 9.52. The Hall–Kier alpha value is -1.96. The van der Waals surface area contributed by atoms with Crippen molar-refractivity contribution in [2.24, 2.45) is 5.41 Å². The van der Waals surface area contributed by atoms with Crippen molar-refractivity contribution in [1.82, 2.24) is 13.6 Å². The van der Waals surface area contributed by atoms with E-state index in [1.54, 1.807) is 24.6 Å². The highest BCUT2D eigenvalue weighted by atomic mass is 32.2. The fraction of sp³-hybridized carbons (Fsp3) is 0.667. The van der Waals surface area contributed by atoms with Gasteiger partial charge in [-0.05, 0) is 25.3 Å². The van der Waals surface area contributed by atoms with Gasteiger partial charge in [0.2, 0.25) is 5.88 Å². The molecule has 2 unspecified atom stereocenters. The molecule has 2 fully saturated rings. The van der Waals surface area contributed by atoms with E-state index < -0.39 is 22.4 Å². The fourth-order valence-electron chi connectivity index (χ4n) is 3.54. The lowest BCUT2D eigenvalue weighted by Crippen LogP contribution is -2.59. The Morgan fingerprint density at radius 2 is 2.10 bits per heavy atom. The summed E-state index contributed by atoms with van der Waals surface area (Å²) in [6.45, 7) is 2.05. The first-order chi connectivity index (χ1) is 14.4. The highest BCUT2D eigenvalue weighted by Crippen LogP contribution is 2.41. The van der Waals surface area contributed by atoms with Gasteiger partial charge in [-0.25, -0.2) is 9.78 Å². The summed E-state index contributed by atoms with van der Waals surface area (Å²) in [6.07, 6.45) is -0.866. The molecule has 13 heteroatoms. The summed E-state index contributed by atoms with van der Waals surface area (Å²) in [4.78, 5) is 13.1. The molecular formula is C18H26F3N3O6S.